The lowest BCUT2D eigenvalue weighted by molar-refractivity contribution is -0.0156. The average molecular weight is 518 g/mol. The van der Waals surface area contributed by atoms with E-state index in [4.69, 9.17) is 14.5 Å². The molecular weight excluding hydrogens is 477 g/mol. The molecule has 2 unspecified atom stereocenters. The van der Waals surface area contributed by atoms with Gasteiger partial charge in [-0.3, -0.25) is 0 Å². The highest BCUT2D eigenvalue weighted by Crippen LogP contribution is 2.57. The van der Waals surface area contributed by atoms with Gasteiger partial charge in [0.15, 0.2) is 0 Å². The summed E-state index contributed by atoms with van der Waals surface area (Å²) in [6.45, 7) is 12.0. The first-order valence-electron chi connectivity index (χ1n) is 14.0. The molecule has 1 N–H and O–H groups in total. The van der Waals surface area contributed by atoms with Gasteiger partial charge in [0.2, 0.25) is 5.88 Å². The molecule has 3 aliphatic carbocycles. The van der Waals surface area contributed by atoms with Gasteiger partial charge < -0.3 is 14.6 Å². The number of pyridine rings is 1. The van der Waals surface area contributed by atoms with E-state index in [2.05, 4.69) is 19.6 Å². The fourth-order valence-corrected chi connectivity index (χ4v) is 6.26. The molecule has 0 bridgehead atoms. The second-order valence-corrected chi connectivity index (χ2v) is 11.8. The van der Waals surface area contributed by atoms with Crippen molar-refractivity contribution in [2.45, 2.75) is 84.5 Å². The van der Waals surface area contributed by atoms with Crippen LogP contribution in [0.3, 0.4) is 0 Å². The number of fused-ring (bicyclic) bond motifs is 1. The van der Waals surface area contributed by atoms with E-state index in [1.54, 1.807) is 6.07 Å². The Morgan fingerprint density at radius 1 is 1.18 bits per heavy atom. The molecule has 3 fully saturated rings. The highest BCUT2D eigenvalue weighted by atomic mass is 19.1. The molecule has 3 aliphatic rings. The third-order valence-electron chi connectivity index (χ3n) is 8.61. The van der Waals surface area contributed by atoms with Gasteiger partial charge in [0.25, 0.3) is 0 Å². The minimum absolute atomic E-state index is 0.114. The summed E-state index contributed by atoms with van der Waals surface area (Å²) < 4.78 is 26.7. The summed E-state index contributed by atoms with van der Waals surface area (Å²) in [6.07, 6.45) is 10.5. The number of aliphatic hydroxyl groups is 1. The lowest BCUT2D eigenvalue weighted by Gasteiger charge is -2.35. The number of aromatic nitrogens is 1. The zero-order chi connectivity index (χ0) is 27.0. The maximum atomic E-state index is 14.7. The second kappa shape index (κ2) is 10.7. The normalized spacial score (nSPS) is 26.9. The van der Waals surface area contributed by atoms with Gasteiger partial charge in [-0.2, -0.15) is 0 Å². The van der Waals surface area contributed by atoms with Gasteiger partial charge >= 0.3 is 0 Å². The molecule has 2 atom stereocenters. The Bertz CT molecular complexity index is 1260. The molecule has 202 valence electrons. The Morgan fingerprint density at radius 2 is 1.95 bits per heavy atom. The third kappa shape index (κ3) is 5.88. The number of aryl methyl sites for hydroxylation is 1. The molecule has 1 heterocycles. The van der Waals surface area contributed by atoms with Crippen molar-refractivity contribution in [2.75, 3.05) is 0 Å². The van der Waals surface area contributed by atoms with Gasteiger partial charge in [0.1, 0.15) is 24.3 Å². The number of benzene rings is 1. The lowest BCUT2D eigenvalue weighted by atomic mass is 9.78. The SMILES string of the molecule is C=C(/C=C1/CC2CC2/C1=C/C)OCc1cc(-c2ccc(OC3CCC(C(C)(C)O)CC3)nc2C)ccc1F. The number of halogens is 1. The highest BCUT2D eigenvalue weighted by Gasteiger charge is 2.46. The fraction of sp³-hybridized carbons (Fsp3) is 0.485. The molecule has 0 spiro atoms. The average Bonchev–Trinajstić information content (AvgIpc) is 3.54. The summed E-state index contributed by atoms with van der Waals surface area (Å²) in [5.41, 5.74) is 5.24. The quantitative estimate of drug-likeness (QED) is 0.362. The van der Waals surface area contributed by atoms with Crippen LogP contribution >= 0.6 is 0 Å². The molecule has 3 saturated carbocycles. The lowest BCUT2D eigenvalue weighted by Crippen LogP contribution is -2.36. The number of hydrogen-bond donors (Lipinski definition) is 1. The van der Waals surface area contributed by atoms with E-state index >= 15 is 0 Å². The van der Waals surface area contributed by atoms with Crippen molar-refractivity contribution >= 4 is 0 Å². The predicted octanol–water partition coefficient (Wildman–Crippen LogP) is 7.85. The van der Waals surface area contributed by atoms with Crippen LogP contribution in [0.25, 0.3) is 11.1 Å². The number of hydrogen-bond acceptors (Lipinski definition) is 4. The van der Waals surface area contributed by atoms with Gasteiger partial charge in [-0.05, 0) is 125 Å². The summed E-state index contributed by atoms with van der Waals surface area (Å²) in [7, 11) is 0. The zero-order valence-electron chi connectivity index (χ0n) is 23.1. The maximum Gasteiger partial charge on any atom is 0.213 e. The van der Waals surface area contributed by atoms with Crippen LogP contribution in [0.15, 0.2) is 66.0 Å². The van der Waals surface area contributed by atoms with Crippen LogP contribution in [-0.4, -0.2) is 21.8 Å². The van der Waals surface area contributed by atoms with E-state index in [0.29, 0.717) is 23.1 Å². The Morgan fingerprint density at radius 3 is 2.63 bits per heavy atom. The van der Waals surface area contributed by atoms with E-state index in [-0.39, 0.29) is 18.5 Å². The Hall–Kier alpha value is -2.92. The first-order chi connectivity index (χ1) is 18.1. The van der Waals surface area contributed by atoms with Gasteiger partial charge in [0.05, 0.1) is 5.60 Å². The molecule has 0 saturated heterocycles. The smallest absolute Gasteiger partial charge is 0.213 e. The van der Waals surface area contributed by atoms with Crippen LogP contribution in [0.1, 0.15) is 70.6 Å². The van der Waals surface area contributed by atoms with Gasteiger partial charge in [-0.25, -0.2) is 9.37 Å². The first kappa shape index (κ1) is 26.7. The minimum atomic E-state index is -0.642. The molecule has 2 aromatic rings. The molecule has 5 heteroatoms. The van der Waals surface area contributed by atoms with E-state index in [1.165, 1.54) is 23.6 Å². The van der Waals surface area contributed by atoms with Crippen molar-refractivity contribution < 1.29 is 19.0 Å². The van der Waals surface area contributed by atoms with E-state index in [1.807, 2.05) is 45.0 Å². The zero-order valence-corrected chi connectivity index (χ0v) is 23.1. The molecule has 4 nitrogen and oxygen atoms in total. The van der Waals surface area contributed by atoms with Crippen molar-refractivity contribution in [1.29, 1.82) is 0 Å². The van der Waals surface area contributed by atoms with Gasteiger partial charge in [0, 0.05) is 22.9 Å². The Labute approximate surface area is 226 Å². The number of rotatable bonds is 8. The van der Waals surface area contributed by atoms with Crippen molar-refractivity contribution in [3.8, 4) is 17.0 Å². The standard InChI is InChI=1S/C33H40FNO3/c1-6-28-23(17-24-18-30(24)28)15-20(2)37-19-25-16-22(7-13-31(25)34)29-12-14-32(35-21(29)3)38-27-10-8-26(9-11-27)33(4,5)36/h6-7,12-16,24,26-27,30,36H,2,8-11,17-19H2,1,3-5H3/b23-15-,28-6+. The molecule has 38 heavy (non-hydrogen) atoms. The molecule has 5 rings (SSSR count). The third-order valence-corrected chi connectivity index (χ3v) is 8.61. The Kier molecular flexibility index (Phi) is 7.50. The van der Waals surface area contributed by atoms with Crippen molar-refractivity contribution in [3.63, 3.8) is 0 Å². The molecule has 1 aromatic heterocycles. The van der Waals surface area contributed by atoms with E-state index < -0.39 is 5.60 Å². The van der Waals surface area contributed by atoms with Crippen LogP contribution in [0.4, 0.5) is 4.39 Å². The predicted molar refractivity (Wildman–Crippen MR) is 149 cm³/mol. The number of allylic oxidation sites excluding steroid dienone is 4. The summed E-state index contributed by atoms with van der Waals surface area (Å²) in [6, 6.07) is 8.98. The Balaban J connectivity index is 1.21. The molecule has 0 aliphatic heterocycles. The largest absolute Gasteiger partial charge is 0.489 e. The summed E-state index contributed by atoms with van der Waals surface area (Å²) in [4.78, 5) is 4.70. The molecular formula is C33H40FNO3. The first-order valence-corrected chi connectivity index (χ1v) is 14.0. The van der Waals surface area contributed by atoms with Gasteiger partial charge in [-0.1, -0.05) is 18.7 Å². The molecule has 0 amide bonds. The summed E-state index contributed by atoms with van der Waals surface area (Å²) in [5.74, 6) is 2.70. The van der Waals surface area contributed by atoms with E-state index in [9.17, 15) is 9.50 Å². The van der Waals surface area contributed by atoms with Crippen molar-refractivity contribution in [3.05, 3.63) is 83.0 Å². The van der Waals surface area contributed by atoms with Crippen molar-refractivity contribution in [2.24, 2.45) is 17.8 Å². The van der Waals surface area contributed by atoms with E-state index in [0.717, 1.165) is 60.8 Å². The molecule has 1 aromatic carbocycles. The monoisotopic (exact) mass is 517 g/mol. The fourth-order valence-electron chi connectivity index (χ4n) is 6.26. The van der Waals surface area contributed by atoms with Crippen LogP contribution in [0.2, 0.25) is 0 Å². The molecule has 0 radical (unpaired) electrons. The minimum Gasteiger partial charge on any atom is -0.489 e. The van der Waals surface area contributed by atoms with Crippen molar-refractivity contribution in [1.82, 2.24) is 4.98 Å². The second-order valence-electron chi connectivity index (χ2n) is 11.8. The van der Waals surface area contributed by atoms with Crippen LogP contribution < -0.4 is 4.74 Å². The van der Waals surface area contributed by atoms with Crippen LogP contribution in [0, 0.1) is 30.5 Å². The number of nitrogens with zero attached hydrogens (tertiary/aromatic N) is 1. The highest BCUT2D eigenvalue weighted by molar-refractivity contribution is 5.67. The summed E-state index contributed by atoms with van der Waals surface area (Å²) >= 11 is 0. The van der Waals surface area contributed by atoms with Crippen LogP contribution in [-0.2, 0) is 11.3 Å². The topological polar surface area (TPSA) is 51.6 Å². The summed E-state index contributed by atoms with van der Waals surface area (Å²) in [5, 5.41) is 10.3. The maximum absolute atomic E-state index is 14.7. The van der Waals surface area contributed by atoms with Crippen LogP contribution in [0.5, 0.6) is 5.88 Å². The van der Waals surface area contributed by atoms with Gasteiger partial charge in [-0.15, -0.1) is 0 Å². The number of ether oxygens (including phenoxy) is 2.